The first-order valence-corrected chi connectivity index (χ1v) is 8.83. The standard InChI is InChI=1S/C18H33NO8/c1-17(2,3)26-15(21)24-12-10-19(9-8-14(20)23-7)11-13-25-16(22)27-18(4,5)6/h8-13H2,1-7H3. The molecule has 0 aromatic carbocycles. The van der Waals surface area contributed by atoms with E-state index in [1.807, 2.05) is 4.90 Å². The van der Waals surface area contributed by atoms with E-state index in [4.69, 9.17) is 18.9 Å². The average molecular weight is 391 g/mol. The maximum atomic E-state index is 11.6. The summed E-state index contributed by atoms with van der Waals surface area (Å²) in [5.74, 6) is -0.360. The Labute approximate surface area is 161 Å². The minimum atomic E-state index is -0.763. The molecule has 27 heavy (non-hydrogen) atoms. The van der Waals surface area contributed by atoms with Gasteiger partial charge in [0.25, 0.3) is 0 Å². The predicted molar refractivity (Wildman–Crippen MR) is 97.4 cm³/mol. The molecule has 9 nitrogen and oxygen atoms in total. The second-order valence-electron chi connectivity index (χ2n) is 7.79. The van der Waals surface area contributed by atoms with E-state index in [9.17, 15) is 14.4 Å². The van der Waals surface area contributed by atoms with Crippen LogP contribution in [0, 0.1) is 0 Å². The molecule has 0 saturated heterocycles. The molecule has 0 aromatic rings. The SMILES string of the molecule is COC(=O)CCN(CCOC(=O)OC(C)(C)C)CCOC(=O)OC(C)(C)C. The van der Waals surface area contributed by atoms with Crippen LogP contribution in [0.5, 0.6) is 0 Å². The molecule has 0 N–H and O–H groups in total. The zero-order valence-electron chi connectivity index (χ0n) is 17.5. The van der Waals surface area contributed by atoms with Crippen LogP contribution in [0.3, 0.4) is 0 Å². The molecule has 0 aliphatic rings. The summed E-state index contributed by atoms with van der Waals surface area (Å²) in [6.07, 6.45) is -1.36. The van der Waals surface area contributed by atoms with Crippen molar-refractivity contribution < 1.29 is 38.1 Å². The molecule has 0 radical (unpaired) electrons. The van der Waals surface area contributed by atoms with E-state index in [1.165, 1.54) is 7.11 Å². The van der Waals surface area contributed by atoms with E-state index < -0.39 is 23.5 Å². The highest BCUT2D eigenvalue weighted by molar-refractivity contribution is 5.69. The fraction of sp³-hybridized carbons (Fsp3) is 0.833. The van der Waals surface area contributed by atoms with Gasteiger partial charge in [-0.3, -0.25) is 9.69 Å². The maximum Gasteiger partial charge on any atom is 0.508 e. The third-order valence-electron chi connectivity index (χ3n) is 2.89. The van der Waals surface area contributed by atoms with Crippen molar-refractivity contribution in [3.63, 3.8) is 0 Å². The normalized spacial score (nSPS) is 11.7. The largest absolute Gasteiger partial charge is 0.508 e. The molecule has 0 atom stereocenters. The molecule has 0 heterocycles. The van der Waals surface area contributed by atoms with Gasteiger partial charge in [0.15, 0.2) is 0 Å². The van der Waals surface area contributed by atoms with Crippen LogP contribution in [0.4, 0.5) is 9.59 Å². The van der Waals surface area contributed by atoms with Gasteiger partial charge in [-0.25, -0.2) is 9.59 Å². The van der Waals surface area contributed by atoms with Crippen LogP contribution in [0.25, 0.3) is 0 Å². The van der Waals surface area contributed by atoms with Crippen molar-refractivity contribution in [2.24, 2.45) is 0 Å². The Kier molecular flexibility index (Phi) is 10.8. The fourth-order valence-corrected chi connectivity index (χ4v) is 1.76. The van der Waals surface area contributed by atoms with Crippen LogP contribution in [-0.2, 0) is 28.5 Å². The van der Waals surface area contributed by atoms with Crippen LogP contribution in [0.15, 0.2) is 0 Å². The van der Waals surface area contributed by atoms with Gasteiger partial charge >= 0.3 is 18.3 Å². The summed E-state index contributed by atoms with van der Waals surface area (Å²) in [4.78, 5) is 36.3. The van der Waals surface area contributed by atoms with Gasteiger partial charge in [-0.15, -0.1) is 0 Å². The summed E-state index contributed by atoms with van der Waals surface area (Å²) in [5.41, 5.74) is -1.27. The summed E-state index contributed by atoms with van der Waals surface area (Å²) in [6.45, 7) is 11.6. The first kappa shape index (κ1) is 25.0. The van der Waals surface area contributed by atoms with Crippen LogP contribution in [-0.4, -0.2) is 74.3 Å². The Morgan fingerprint density at radius 2 is 1.15 bits per heavy atom. The number of hydrogen-bond acceptors (Lipinski definition) is 9. The fourth-order valence-electron chi connectivity index (χ4n) is 1.76. The lowest BCUT2D eigenvalue weighted by Crippen LogP contribution is -2.35. The second kappa shape index (κ2) is 11.6. The lowest BCUT2D eigenvalue weighted by molar-refractivity contribution is -0.141. The van der Waals surface area contributed by atoms with E-state index in [0.717, 1.165) is 0 Å². The van der Waals surface area contributed by atoms with E-state index in [2.05, 4.69) is 4.74 Å². The van der Waals surface area contributed by atoms with Crippen molar-refractivity contribution in [3.05, 3.63) is 0 Å². The summed E-state index contributed by atoms with van der Waals surface area (Å²) in [5, 5.41) is 0. The van der Waals surface area contributed by atoms with Crippen LogP contribution in [0.1, 0.15) is 48.0 Å². The van der Waals surface area contributed by atoms with Gasteiger partial charge in [-0.2, -0.15) is 0 Å². The molecule has 0 spiro atoms. The average Bonchev–Trinajstić information content (AvgIpc) is 2.48. The molecule has 0 aliphatic heterocycles. The van der Waals surface area contributed by atoms with Gasteiger partial charge in [0.2, 0.25) is 0 Å². The Hall–Kier alpha value is -2.03. The molecule has 0 rings (SSSR count). The zero-order chi connectivity index (χ0) is 21.1. The molecule has 9 heteroatoms. The quantitative estimate of drug-likeness (QED) is 0.434. The summed E-state index contributed by atoms with van der Waals surface area (Å²) < 4.78 is 24.8. The van der Waals surface area contributed by atoms with Crippen LogP contribution in [0.2, 0.25) is 0 Å². The predicted octanol–water partition coefficient (Wildman–Crippen LogP) is 2.75. The van der Waals surface area contributed by atoms with Gasteiger partial charge < -0.3 is 23.7 Å². The molecular formula is C18H33NO8. The number of carbonyl (C=O) groups is 3. The third-order valence-corrected chi connectivity index (χ3v) is 2.89. The Morgan fingerprint density at radius 3 is 1.48 bits per heavy atom. The highest BCUT2D eigenvalue weighted by Crippen LogP contribution is 2.09. The first-order chi connectivity index (χ1) is 12.3. The van der Waals surface area contributed by atoms with Gasteiger partial charge in [0, 0.05) is 19.6 Å². The number of nitrogens with zero attached hydrogens (tertiary/aromatic N) is 1. The molecule has 0 saturated carbocycles. The summed E-state index contributed by atoms with van der Waals surface area (Å²) in [7, 11) is 1.31. The minimum Gasteiger partial charge on any atom is -0.469 e. The van der Waals surface area contributed by atoms with Gasteiger partial charge in [0.05, 0.1) is 13.5 Å². The molecule has 0 amide bonds. The number of ether oxygens (including phenoxy) is 5. The minimum absolute atomic E-state index is 0.0719. The summed E-state index contributed by atoms with van der Waals surface area (Å²) in [6, 6.07) is 0. The zero-order valence-corrected chi connectivity index (χ0v) is 17.5. The third kappa shape index (κ3) is 15.9. The highest BCUT2D eigenvalue weighted by atomic mass is 16.7. The van der Waals surface area contributed by atoms with E-state index in [1.54, 1.807) is 41.5 Å². The molecular weight excluding hydrogens is 358 g/mol. The van der Waals surface area contributed by atoms with E-state index in [-0.39, 0.29) is 25.6 Å². The lowest BCUT2D eigenvalue weighted by Gasteiger charge is -2.23. The van der Waals surface area contributed by atoms with Gasteiger partial charge in [0.1, 0.15) is 24.4 Å². The Bertz CT molecular complexity index is 445. The van der Waals surface area contributed by atoms with Crippen molar-refractivity contribution in [1.29, 1.82) is 0 Å². The molecule has 0 aromatic heterocycles. The van der Waals surface area contributed by atoms with Crippen molar-refractivity contribution in [2.75, 3.05) is 40.0 Å². The number of esters is 1. The topological polar surface area (TPSA) is 101 Å². The van der Waals surface area contributed by atoms with Crippen LogP contribution >= 0.6 is 0 Å². The van der Waals surface area contributed by atoms with Crippen molar-refractivity contribution in [2.45, 2.75) is 59.2 Å². The maximum absolute atomic E-state index is 11.6. The smallest absolute Gasteiger partial charge is 0.469 e. The van der Waals surface area contributed by atoms with Crippen LogP contribution < -0.4 is 0 Å². The Morgan fingerprint density at radius 1 is 0.741 bits per heavy atom. The van der Waals surface area contributed by atoms with Gasteiger partial charge in [-0.05, 0) is 41.5 Å². The lowest BCUT2D eigenvalue weighted by atomic mass is 10.2. The molecule has 0 bridgehead atoms. The second-order valence-corrected chi connectivity index (χ2v) is 7.79. The molecule has 158 valence electrons. The summed E-state index contributed by atoms with van der Waals surface area (Å²) >= 11 is 0. The molecule has 0 unspecified atom stereocenters. The highest BCUT2D eigenvalue weighted by Gasteiger charge is 2.19. The van der Waals surface area contributed by atoms with Crippen molar-refractivity contribution in [1.82, 2.24) is 4.90 Å². The number of hydrogen-bond donors (Lipinski definition) is 0. The Balaban J connectivity index is 4.37. The number of carbonyl (C=O) groups excluding carboxylic acids is 3. The van der Waals surface area contributed by atoms with Gasteiger partial charge in [-0.1, -0.05) is 0 Å². The number of methoxy groups -OCH3 is 1. The van der Waals surface area contributed by atoms with E-state index in [0.29, 0.717) is 19.6 Å². The van der Waals surface area contributed by atoms with Crippen molar-refractivity contribution in [3.8, 4) is 0 Å². The number of rotatable bonds is 9. The van der Waals surface area contributed by atoms with Crippen molar-refractivity contribution >= 4 is 18.3 Å². The monoisotopic (exact) mass is 391 g/mol. The first-order valence-electron chi connectivity index (χ1n) is 8.83. The molecule has 0 aliphatic carbocycles. The van der Waals surface area contributed by atoms with E-state index >= 15 is 0 Å². The molecule has 0 fully saturated rings.